The highest BCUT2D eigenvalue weighted by molar-refractivity contribution is 7.91. The lowest BCUT2D eigenvalue weighted by atomic mass is 9.91. The maximum Gasteiger partial charge on any atom is 0.236 e. The van der Waals surface area contributed by atoms with Crippen LogP contribution in [0.1, 0.15) is 42.7 Å². The van der Waals surface area contributed by atoms with Crippen LogP contribution in [0.3, 0.4) is 0 Å². The first-order valence-electron chi connectivity index (χ1n) is 11.8. The number of oxazole rings is 1. The highest BCUT2D eigenvalue weighted by atomic mass is 35.5. The van der Waals surface area contributed by atoms with Crippen LogP contribution in [-0.4, -0.2) is 26.5 Å². The van der Waals surface area contributed by atoms with Crippen molar-refractivity contribution >= 4 is 27.3 Å². The number of anilines is 1. The van der Waals surface area contributed by atoms with Crippen LogP contribution < -0.4 is 4.90 Å². The highest BCUT2D eigenvalue weighted by Crippen LogP contribution is 2.39. The van der Waals surface area contributed by atoms with Gasteiger partial charge in [0.25, 0.3) is 0 Å². The topological polar surface area (TPSA) is 63.4 Å². The van der Waals surface area contributed by atoms with Crippen molar-refractivity contribution in [2.24, 2.45) is 5.92 Å². The molecule has 180 valence electrons. The van der Waals surface area contributed by atoms with Gasteiger partial charge in [0.05, 0.1) is 10.8 Å². The summed E-state index contributed by atoms with van der Waals surface area (Å²) < 4.78 is 34.0. The minimum absolute atomic E-state index is 0.0405. The summed E-state index contributed by atoms with van der Waals surface area (Å²) in [5, 5.41) is 0.435. The average molecular weight is 507 g/mol. The summed E-state index contributed by atoms with van der Waals surface area (Å²) in [6.45, 7) is 3.66. The van der Waals surface area contributed by atoms with E-state index in [1.165, 1.54) is 12.1 Å². The van der Waals surface area contributed by atoms with E-state index < -0.39 is 9.84 Å². The fraction of sp³-hybridized carbons (Fsp3) is 0.250. The zero-order valence-corrected chi connectivity index (χ0v) is 21.0. The Morgan fingerprint density at radius 3 is 1.97 bits per heavy atom. The summed E-state index contributed by atoms with van der Waals surface area (Å²) in [5.41, 5.74) is 1.96. The first-order chi connectivity index (χ1) is 16.9. The Balaban J connectivity index is 1.67. The van der Waals surface area contributed by atoms with E-state index in [0.717, 1.165) is 37.1 Å². The van der Waals surface area contributed by atoms with Gasteiger partial charge in [-0.15, -0.1) is 0 Å². The van der Waals surface area contributed by atoms with Gasteiger partial charge in [0.2, 0.25) is 26.6 Å². The van der Waals surface area contributed by atoms with E-state index in [1.54, 1.807) is 12.1 Å². The smallest absolute Gasteiger partial charge is 0.236 e. The second-order valence-corrected chi connectivity index (χ2v) is 11.3. The average Bonchev–Trinajstić information content (AvgIpc) is 3.32. The molecule has 7 heteroatoms. The molecule has 0 spiro atoms. The van der Waals surface area contributed by atoms with Crippen LogP contribution in [0.25, 0.3) is 0 Å². The third-order valence-corrected chi connectivity index (χ3v) is 8.48. The summed E-state index contributed by atoms with van der Waals surface area (Å²) in [6.07, 6.45) is 1.94. The molecule has 0 amide bonds. The predicted molar refractivity (Wildman–Crippen MR) is 138 cm³/mol. The molecule has 0 N–H and O–H groups in total. The van der Waals surface area contributed by atoms with Gasteiger partial charge in [0, 0.05) is 18.1 Å². The summed E-state index contributed by atoms with van der Waals surface area (Å²) >= 11 is 6.02. The zero-order chi connectivity index (χ0) is 24.4. The van der Waals surface area contributed by atoms with E-state index >= 15 is 0 Å². The van der Waals surface area contributed by atoms with Gasteiger partial charge in [-0.1, -0.05) is 79.2 Å². The Hall–Kier alpha value is -3.09. The van der Waals surface area contributed by atoms with Crippen LogP contribution in [0.15, 0.2) is 99.3 Å². The number of aromatic nitrogens is 1. The van der Waals surface area contributed by atoms with E-state index in [2.05, 4.69) is 6.92 Å². The summed E-state index contributed by atoms with van der Waals surface area (Å²) in [4.78, 5) is 6.86. The van der Waals surface area contributed by atoms with E-state index in [1.807, 2.05) is 65.6 Å². The molecule has 0 bridgehead atoms. The number of hydrogen-bond acceptors (Lipinski definition) is 5. The van der Waals surface area contributed by atoms with Crippen molar-refractivity contribution in [3.8, 4) is 0 Å². The van der Waals surface area contributed by atoms with Gasteiger partial charge in [-0.3, -0.25) is 0 Å². The number of nitrogens with zero attached hydrogens (tertiary/aromatic N) is 2. The second kappa shape index (κ2) is 9.88. The largest absolute Gasteiger partial charge is 0.423 e. The second-order valence-electron chi connectivity index (χ2n) is 9.04. The Kier molecular flexibility index (Phi) is 6.67. The Bertz CT molecular complexity index is 1340. The fourth-order valence-corrected chi connectivity index (χ4v) is 5.97. The maximum absolute atomic E-state index is 13.8. The maximum atomic E-state index is 13.8. The van der Waals surface area contributed by atoms with E-state index in [0.29, 0.717) is 22.7 Å². The normalized spacial score (nSPS) is 15.0. The van der Waals surface area contributed by atoms with Crippen LogP contribution >= 0.6 is 11.6 Å². The van der Waals surface area contributed by atoms with Gasteiger partial charge in [-0.2, -0.15) is 4.98 Å². The van der Waals surface area contributed by atoms with Crippen molar-refractivity contribution in [2.45, 2.75) is 35.6 Å². The van der Waals surface area contributed by atoms with Gasteiger partial charge in [-0.05, 0) is 54.2 Å². The van der Waals surface area contributed by atoms with Crippen molar-refractivity contribution in [3.05, 3.63) is 107 Å². The first-order valence-corrected chi connectivity index (χ1v) is 13.7. The van der Waals surface area contributed by atoms with Gasteiger partial charge < -0.3 is 9.32 Å². The van der Waals surface area contributed by atoms with Crippen LogP contribution in [0, 0.1) is 5.92 Å². The number of sulfone groups is 1. The zero-order valence-electron chi connectivity index (χ0n) is 19.5. The Morgan fingerprint density at radius 2 is 1.43 bits per heavy atom. The molecule has 0 radical (unpaired) electrons. The lowest BCUT2D eigenvalue weighted by Gasteiger charge is -2.30. The molecule has 0 aliphatic carbocycles. The van der Waals surface area contributed by atoms with Crippen LogP contribution in [0.4, 0.5) is 5.88 Å². The summed E-state index contributed by atoms with van der Waals surface area (Å²) in [6, 6.07) is 26.0. The van der Waals surface area contributed by atoms with Gasteiger partial charge in [0.1, 0.15) is 0 Å². The minimum Gasteiger partial charge on any atom is -0.423 e. The first kappa shape index (κ1) is 23.6. The number of halogens is 1. The standard InChI is InChI=1S/C28H27ClN2O3S/c1-20-16-18-31(19-17-20)28-27(35(32,33)24-14-12-23(29)13-15-24)30-26(34-28)25(21-8-4-2-5-9-21)22-10-6-3-7-11-22/h2-15,20,25H,16-19H2,1H3. The fourth-order valence-electron chi connectivity index (χ4n) is 4.52. The lowest BCUT2D eigenvalue weighted by Crippen LogP contribution is -2.33. The predicted octanol–water partition coefficient (Wildman–Crippen LogP) is 6.58. The molecular formula is C28H27ClN2O3S. The molecule has 4 aromatic rings. The molecule has 0 atom stereocenters. The molecule has 0 saturated carbocycles. The molecule has 1 fully saturated rings. The molecule has 5 rings (SSSR count). The molecule has 1 aliphatic heterocycles. The number of rotatable bonds is 6. The monoisotopic (exact) mass is 506 g/mol. The molecule has 35 heavy (non-hydrogen) atoms. The Morgan fingerprint density at radius 1 is 0.886 bits per heavy atom. The molecule has 3 aromatic carbocycles. The Labute approximate surface area is 211 Å². The highest BCUT2D eigenvalue weighted by Gasteiger charge is 2.35. The molecule has 0 unspecified atom stereocenters. The van der Waals surface area contributed by atoms with E-state index in [9.17, 15) is 8.42 Å². The molecule has 5 nitrogen and oxygen atoms in total. The number of hydrogen-bond donors (Lipinski definition) is 0. The minimum atomic E-state index is -3.93. The van der Waals surface area contributed by atoms with Gasteiger partial charge in [0.15, 0.2) is 0 Å². The summed E-state index contributed by atoms with van der Waals surface area (Å²) in [7, 11) is -3.93. The van der Waals surface area contributed by atoms with Crippen molar-refractivity contribution in [3.63, 3.8) is 0 Å². The molecule has 1 aliphatic rings. The molecule has 1 saturated heterocycles. The number of benzene rings is 3. The molecular weight excluding hydrogens is 480 g/mol. The number of piperidine rings is 1. The van der Waals surface area contributed by atoms with Crippen molar-refractivity contribution in [2.75, 3.05) is 18.0 Å². The van der Waals surface area contributed by atoms with E-state index in [4.69, 9.17) is 21.0 Å². The van der Waals surface area contributed by atoms with Crippen LogP contribution in [0.5, 0.6) is 0 Å². The van der Waals surface area contributed by atoms with E-state index in [-0.39, 0.29) is 15.8 Å². The third kappa shape index (κ3) is 4.86. The molecule has 1 aromatic heterocycles. The van der Waals surface area contributed by atoms with Crippen molar-refractivity contribution in [1.29, 1.82) is 0 Å². The van der Waals surface area contributed by atoms with Crippen molar-refractivity contribution in [1.82, 2.24) is 4.98 Å². The van der Waals surface area contributed by atoms with Gasteiger partial charge in [-0.25, -0.2) is 8.42 Å². The van der Waals surface area contributed by atoms with Crippen molar-refractivity contribution < 1.29 is 12.8 Å². The summed E-state index contributed by atoms with van der Waals surface area (Å²) in [5.74, 6) is 0.933. The lowest BCUT2D eigenvalue weighted by molar-refractivity contribution is 0.405. The van der Waals surface area contributed by atoms with Crippen LogP contribution in [0.2, 0.25) is 5.02 Å². The SMILES string of the molecule is CC1CCN(c2oc(C(c3ccccc3)c3ccccc3)nc2S(=O)(=O)c2ccc(Cl)cc2)CC1. The third-order valence-electron chi connectivity index (χ3n) is 6.56. The quantitative estimate of drug-likeness (QED) is 0.295. The van der Waals surface area contributed by atoms with Crippen LogP contribution in [-0.2, 0) is 9.84 Å². The van der Waals surface area contributed by atoms with Gasteiger partial charge >= 0.3 is 0 Å². The molecule has 2 heterocycles.